The molecule has 1 aromatic heterocycles. The third kappa shape index (κ3) is 3.71. The number of thiazole rings is 1. The molecule has 1 aliphatic rings. The van der Waals surface area contributed by atoms with Gasteiger partial charge in [0, 0.05) is 30.1 Å². The highest BCUT2D eigenvalue weighted by Crippen LogP contribution is 2.19. The zero-order valence-electron chi connectivity index (χ0n) is 10.6. The maximum atomic E-state index is 4.59. The highest BCUT2D eigenvalue weighted by molar-refractivity contribution is 8.14. The average Bonchev–Trinajstić information content (AvgIpc) is 2.88. The van der Waals surface area contributed by atoms with Gasteiger partial charge in [-0.15, -0.1) is 11.3 Å². The van der Waals surface area contributed by atoms with Crippen molar-refractivity contribution in [2.24, 2.45) is 10.9 Å². The molecule has 2 rings (SSSR count). The molecular formula is C12H19N3S2. The van der Waals surface area contributed by atoms with Gasteiger partial charge in [-0.2, -0.15) is 0 Å². The third-order valence-corrected chi connectivity index (χ3v) is 4.67. The highest BCUT2D eigenvalue weighted by atomic mass is 32.2. The Hall–Kier alpha value is -0.550. The SMILES string of the molecule is Cc1nc(CCN=C2NC(C(C)C)CS2)cs1. The van der Waals surface area contributed by atoms with Crippen LogP contribution in [0.25, 0.3) is 0 Å². The van der Waals surface area contributed by atoms with Crippen LogP contribution in [0.5, 0.6) is 0 Å². The van der Waals surface area contributed by atoms with Crippen LogP contribution < -0.4 is 5.32 Å². The van der Waals surface area contributed by atoms with Gasteiger partial charge in [0.25, 0.3) is 0 Å². The molecule has 1 fully saturated rings. The summed E-state index contributed by atoms with van der Waals surface area (Å²) in [6.07, 6.45) is 0.947. The lowest BCUT2D eigenvalue weighted by atomic mass is 10.1. The second-order valence-corrected chi connectivity index (χ2v) is 6.67. The summed E-state index contributed by atoms with van der Waals surface area (Å²) in [5.41, 5.74) is 1.17. The average molecular weight is 269 g/mol. The van der Waals surface area contributed by atoms with E-state index < -0.39 is 0 Å². The first-order valence-electron chi connectivity index (χ1n) is 6.00. The molecule has 5 heteroatoms. The van der Waals surface area contributed by atoms with Crippen molar-refractivity contribution in [3.63, 3.8) is 0 Å². The number of aromatic nitrogens is 1. The van der Waals surface area contributed by atoms with E-state index in [9.17, 15) is 0 Å². The second-order valence-electron chi connectivity index (χ2n) is 4.60. The first-order valence-corrected chi connectivity index (χ1v) is 7.86. The molecule has 17 heavy (non-hydrogen) atoms. The molecule has 0 aromatic carbocycles. The van der Waals surface area contributed by atoms with Crippen LogP contribution in [-0.2, 0) is 6.42 Å². The van der Waals surface area contributed by atoms with Crippen LogP contribution >= 0.6 is 23.1 Å². The Morgan fingerprint density at radius 2 is 2.41 bits per heavy atom. The van der Waals surface area contributed by atoms with Crippen LogP contribution in [0.15, 0.2) is 10.4 Å². The number of aliphatic imine (C=N–C) groups is 1. The number of aryl methyl sites for hydroxylation is 1. The Balaban J connectivity index is 1.78. The molecular weight excluding hydrogens is 250 g/mol. The Morgan fingerprint density at radius 1 is 1.59 bits per heavy atom. The van der Waals surface area contributed by atoms with Crippen molar-refractivity contribution < 1.29 is 0 Å². The summed E-state index contributed by atoms with van der Waals surface area (Å²) in [6.45, 7) is 7.38. The van der Waals surface area contributed by atoms with Crippen LogP contribution in [0, 0.1) is 12.8 Å². The van der Waals surface area contributed by atoms with Crippen LogP contribution in [0.4, 0.5) is 0 Å². The van der Waals surface area contributed by atoms with Crippen molar-refractivity contribution >= 4 is 28.3 Å². The topological polar surface area (TPSA) is 37.3 Å². The zero-order chi connectivity index (χ0) is 12.3. The van der Waals surface area contributed by atoms with Crippen molar-refractivity contribution in [2.45, 2.75) is 33.2 Å². The maximum absolute atomic E-state index is 4.59. The Morgan fingerprint density at radius 3 is 3.00 bits per heavy atom. The van der Waals surface area contributed by atoms with Gasteiger partial charge in [-0.05, 0) is 12.8 Å². The van der Waals surface area contributed by atoms with Crippen molar-refractivity contribution in [1.29, 1.82) is 0 Å². The number of thioether (sulfide) groups is 1. The van der Waals surface area contributed by atoms with Gasteiger partial charge in [-0.1, -0.05) is 25.6 Å². The molecule has 0 aliphatic carbocycles. The Bertz CT molecular complexity index is 398. The number of nitrogens with zero attached hydrogens (tertiary/aromatic N) is 2. The molecule has 1 atom stereocenters. The van der Waals surface area contributed by atoms with Crippen molar-refractivity contribution in [3.8, 4) is 0 Å². The van der Waals surface area contributed by atoms with Gasteiger partial charge in [-0.3, -0.25) is 4.99 Å². The summed E-state index contributed by atoms with van der Waals surface area (Å²) in [6, 6.07) is 0.584. The van der Waals surface area contributed by atoms with Crippen molar-refractivity contribution in [1.82, 2.24) is 10.3 Å². The number of nitrogens with one attached hydrogen (secondary N) is 1. The van der Waals surface area contributed by atoms with Gasteiger partial charge in [0.1, 0.15) is 0 Å². The summed E-state index contributed by atoms with van der Waals surface area (Å²) >= 11 is 3.55. The summed E-state index contributed by atoms with van der Waals surface area (Å²) in [5.74, 6) is 1.82. The van der Waals surface area contributed by atoms with E-state index in [-0.39, 0.29) is 0 Å². The first kappa shape index (κ1) is 12.9. The van der Waals surface area contributed by atoms with E-state index >= 15 is 0 Å². The fourth-order valence-electron chi connectivity index (χ4n) is 1.66. The fraction of sp³-hybridized carbons (Fsp3) is 0.667. The molecule has 1 saturated heterocycles. The summed E-state index contributed by atoms with van der Waals surface area (Å²) in [4.78, 5) is 9.03. The van der Waals surface area contributed by atoms with Gasteiger partial charge in [0.15, 0.2) is 5.17 Å². The first-order chi connectivity index (χ1) is 8.15. The Kier molecular flexibility index (Phi) is 4.45. The summed E-state index contributed by atoms with van der Waals surface area (Å²) in [7, 11) is 0. The molecule has 0 radical (unpaired) electrons. The van der Waals surface area contributed by atoms with Crippen LogP contribution in [0.3, 0.4) is 0 Å². The maximum Gasteiger partial charge on any atom is 0.156 e. The predicted molar refractivity (Wildman–Crippen MR) is 77.1 cm³/mol. The summed E-state index contributed by atoms with van der Waals surface area (Å²) in [5, 5.41) is 7.85. The van der Waals surface area contributed by atoms with Gasteiger partial charge < -0.3 is 5.32 Å². The number of hydrogen-bond acceptors (Lipinski definition) is 4. The number of rotatable bonds is 4. The molecule has 1 N–H and O–H groups in total. The fourth-order valence-corrected chi connectivity index (χ4v) is 3.53. The summed E-state index contributed by atoms with van der Waals surface area (Å²) < 4.78 is 0. The van der Waals surface area contributed by atoms with Crippen LogP contribution in [-0.4, -0.2) is 28.5 Å². The molecule has 0 bridgehead atoms. The molecule has 1 aromatic rings. The van der Waals surface area contributed by atoms with E-state index in [0.717, 1.165) is 28.9 Å². The van der Waals surface area contributed by atoms with Gasteiger partial charge in [-0.25, -0.2) is 4.98 Å². The van der Waals surface area contributed by atoms with E-state index in [1.807, 2.05) is 18.7 Å². The highest BCUT2D eigenvalue weighted by Gasteiger charge is 2.22. The standard InChI is InChI=1S/C12H19N3S2/c1-8(2)11-7-17-12(15-11)13-5-4-10-6-16-9(3)14-10/h6,8,11H,4-5,7H2,1-3H3,(H,13,15). The van der Waals surface area contributed by atoms with Crippen LogP contribution in [0.1, 0.15) is 24.5 Å². The second kappa shape index (κ2) is 5.87. The van der Waals surface area contributed by atoms with Crippen LogP contribution in [0.2, 0.25) is 0 Å². The lowest BCUT2D eigenvalue weighted by Crippen LogP contribution is -2.31. The monoisotopic (exact) mass is 269 g/mol. The molecule has 1 aliphatic heterocycles. The minimum atomic E-state index is 0.584. The normalized spacial score (nSPS) is 22.4. The van der Waals surface area contributed by atoms with E-state index in [4.69, 9.17) is 0 Å². The van der Waals surface area contributed by atoms with E-state index in [0.29, 0.717) is 12.0 Å². The predicted octanol–water partition coefficient (Wildman–Crippen LogP) is 2.71. The van der Waals surface area contributed by atoms with E-state index in [1.165, 1.54) is 5.69 Å². The minimum absolute atomic E-state index is 0.584. The largest absolute Gasteiger partial charge is 0.361 e. The molecule has 0 saturated carbocycles. The van der Waals surface area contributed by atoms with Gasteiger partial charge >= 0.3 is 0 Å². The van der Waals surface area contributed by atoms with E-state index in [2.05, 4.69) is 34.5 Å². The smallest absolute Gasteiger partial charge is 0.156 e. The molecule has 3 nitrogen and oxygen atoms in total. The number of amidine groups is 1. The third-order valence-electron chi connectivity index (χ3n) is 2.80. The van der Waals surface area contributed by atoms with E-state index in [1.54, 1.807) is 11.3 Å². The molecule has 1 unspecified atom stereocenters. The van der Waals surface area contributed by atoms with Crippen molar-refractivity contribution in [2.75, 3.05) is 12.3 Å². The quantitative estimate of drug-likeness (QED) is 0.913. The zero-order valence-corrected chi connectivity index (χ0v) is 12.2. The van der Waals surface area contributed by atoms with Gasteiger partial charge in [0.05, 0.1) is 10.7 Å². The number of hydrogen-bond donors (Lipinski definition) is 1. The molecule has 0 amide bonds. The Labute approximate surface area is 111 Å². The molecule has 94 valence electrons. The van der Waals surface area contributed by atoms with Gasteiger partial charge in [0.2, 0.25) is 0 Å². The molecule has 2 heterocycles. The lowest BCUT2D eigenvalue weighted by Gasteiger charge is -2.12. The van der Waals surface area contributed by atoms with Crippen molar-refractivity contribution in [3.05, 3.63) is 16.1 Å². The molecule has 0 spiro atoms. The lowest BCUT2D eigenvalue weighted by molar-refractivity contribution is 0.503. The minimum Gasteiger partial charge on any atom is -0.361 e.